The Morgan fingerprint density at radius 3 is 2.56 bits per heavy atom. The summed E-state index contributed by atoms with van der Waals surface area (Å²) < 4.78 is 5.66. The van der Waals surface area contributed by atoms with Crippen LogP contribution in [-0.2, 0) is 27.2 Å². The summed E-state index contributed by atoms with van der Waals surface area (Å²) in [5.74, 6) is -0.713. The molecular weight excluding hydrogens is 408 g/mol. The van der Waals surface area contributed by atoms with Gasteiger partial charge in [0.25, 0.3) is 5.91 Å². The van der Waals surface area contributed by atoms with Crippen molar-refractivity contribution >= 4 is 18.0 Å². The zero-order valence-corrected chi connectivity index (χ0v) is 18.6. The second-order valence-electron chi connectivity index (χ2n) is 8.98. The highest BCUT2D eigenvalue weighted by atomic mass is 16.6. The number of hydrogen-bond acceptors (Lipinski definition) is 6. The maximum atomic E-state index is 13.0. The van der Waals surface area contributed by atoms with Crippen LogP contribution < -0.4 is 10.8 Å². The molecule has 4 N–H and O–H groups in total. The minimum Gasteiger partial charge on any atom is -0.508 e. The lowest BCUT2D eigenvalue weighted by atomic mass is 10.0. The number of amides is 1. The van der Waals surface area contributed by atoms with E-state index in [1.165, 1.54) is 6.08 Å². The number of fused-ring (bicyclic) bond motifs is 1. The second-order valence-corrected chi connectivity index (χ2v) is 8.98. The van der Waals surface area contributed by atoms with E-state index in [4.69, 9.17) is 9.94 Å². The molecule has 2 aromatic rings. The fraction of sp³-hybridized carbons (Fsp3) is 0.360. The quantitative estimate of drug-likeness (QED) is 0.228. The number of carbonyl (C=O) groups is 2. The van der Waals surface area contributed by atoms with Crippen LogP contribution in [-0.4, -0.2) is 33.8 Å². The van der Waals surface area contributed by atoms with Crippen molar-refractivity contribution in [3.63, 3.8) is 0 Å². The van der Waals surface area contributed by atoms with Gasteiger partial charge in [0.05, 0.1) is 0 Å². The fourth-order valence-electron chi connectivity index (χ4n) is 3.82. The van der Waals surface area contributed by atoms with Gasteiger partial charge in [-0.3, -0.25) is 20.1 Å². The fourth-order valence-corrected chi connectivity index (χ4v) is 3.82. The number of rotatable bonds is 7. The van der Waals surface area contributed by atoms with E-state index in [1.54, 1.807) is 35.8 Å². The molecule has 2 aromatic carbocycles. The minimum atomic E-state index is -0.596. The van der Waals surface area contributed by atoms with E-state index in [1.807, 2.05) is 39.0 Å². The van der Waals surface area contributed by atoms with E-state index in [9.17, 15) is 14.7 Å². The molecule has 1 aliphatic carbocycles. The predicted octanol–water partition coefficient (Wildman–Crippen LogP) is 3.44. The van der Waals surface area contributed by atoms with Crippen LogP contribution in [0.2, 0.25) is 0 Å². The number of aromatic hydroxyl groups is 1. The van der Waals surface area contributed by atoms with Crippen molar-refractivity contribution in [2.45, 2.75) is 57.7 Å². The summed E-state index contributed by atoms with van der Waals surface area (Å²) in [7, 11) is 0. The zero-order chi connectivity index (χ0) is 23.3. The van der Waals surface area contributed by atoms with Gasteiger partial charge in [0.1, 0.15) is 17.4 Å². The van der Waals surface area contributed by atoms with Crippen molar-refractivity contribution in [2.24, 2.45) is 0 Å². The smallest absolute Gasteiger partial charge is 0.324 e. The maximum absolute atomic E-state index is 13.0. The van der Waals surface area contributed by atoms with Gasteiger partial charge in [0, 0.05) is 12.1 Å². The summed E-state index contributed by atoms with van der Waals surface area (Å²) in [4.78, 5) is 24.2. The lowest BCUT2D eigenvalue weighted by Gasteiger charge is -2.27. The van der Waals surface area contributed by atoms with Gasteiger partial charge < -0.3 is 9.84 Å². The molecular formula is C25H30N2O5. The first-order valence-corrected chi connectivity index (χ1v) is 10.7. The van der Waals surface area contributed by atoms with Gasteiger partial charge in [0.15, 0.2) is 0 Å². The highest BCUT2D eigenvalue weighted by Crippen LogP contribution is 2.33. The first kappa shape index (κ1) is 23.5. The van der Waals surface area contributed by atoms with E-state index in [0.717, 1.165) is 35.1 Å². The van der Waals surface area contributed by atoms with Gasteiger partial charge in [-0.1, -0.05) is 30.3 Å². The molecule has 0 spiro atoms. The molecule has 1 unspecified atom stereocenters. The van der Waals surface area contributed by atoms with Gasteiger partial charge in [0.2, 0.25) is 0 Å². The Kier molecular flexibility index (Phi) is 7.33. The molecule has 1 amide bonds. The third-order valence-electron chi connectivity index (χ3n) is 5.25. The summed E-state index contributed by atoms with van der Waals surface area (Å²) in [6.07, 6.45) is 5.04. The third-order valence-corrected chi connectivity index (χ3v) is 5.25. The molecule has 7 nitrogen and oxygen atoms in total. The average molecular weight is 439 g/mol. The second kappa shape index (κ2) is 9.97. The van der Waals surface area contributed by atoms with E-state index in [2.05, 4.69) is 5.32 Å². The molecule has 1 aliphatic rings. The van der Waals surface area contributed by atoms with Crippen LogP contribution in [0.1, 0.15) is 55.5 Å². The molecule has 0 radical (unpaired) electrons. The number of benzene rings is 2. The van der Waals surface area contributed by atoms with Crippen LogP contribution >= 0.6 is 0 Å². The highest BCUT2D eigenvalue weighted by Gasteiger charge is 2.31. The standard InChI is InChI=1S/C25H30N2O5/c1-25(2,3)32-24(30)22(15-17-4-9-19(28)10-5-17)26-21-12-8-18-14-16(6-11-20(18)21)7-13-23(29)27-31/h4-7,9-11,13-14,21-22,26,28,31H,8,12,15H2,1-3H3,(H,27,29)/t21?,22-/m0/s1. The number of hydroxylamine groups is 1. The molecule has 7 heteroatoms. The summed E-state index contributed by atoms with van der Waals surface area (Å²) in [6.45, 7) is 5.54. The summed E-state index contributed by atoms with van der Waals surface area (Å²) >= 11 is 0. The Balaban J connectivity index is 1.78. The number of ether oxygens (including phenoxy) is 1. The lowest BCUT2D eigenvalue weighted by Crippen LogP contribution is -2.44. The van der Waals surface area contributed by atoms with Gasteiger partial charge in [-0.15, -0.1) is 0 Å². The SMILES string of the molecule is CC(C)(C)OC(=O)[C@H](Cc1ccc(O)cc1)NC1CCc2cc(C=CC(=O)NO)ccc21. The number of nitrogens with one attached hydrogen (secondary N) is 2. The molecule has 32 heavy (non-hydrogen) atoms. The van der Waals surface area contributed by atoms with Crippen molar-refractivity contribution in [3.8, 4) is 5.75 Å². The first-order valence-electron chi connectivity index (χ1n) is 10.7. The van der Waals surface area contributed by atoms with Gasteiger partial charge >= 0.3 is 5.97 Å². The Labute approximate surface area is 188 Å². The van der Waals surface area contributed by atoms with Crippen molar-refractivity contribution in [1.82, 2.24) is 10.8 Å². The van der Waals surface area contributed by atoms with Crippen LogP contribution in [0.5, 0.6) is 5.75 Å². The first-order chi connectivity index (χ1) is 15.1. The van der Waals surface area contributed by atoms with Crippen molar-refractivity contribution < 1.29 is 24.6 Å². The average Bonchev–Trinajstić information content (AvgIpc) is 3.13. The Hall–Kier alpha value is -3.16. The van der Waals surface area contributed by atoms with Crippen LogP contribution in [0.25, 0.3) is 6.08 Å². The summed E-state index contributed by atoms with van der Waals surface area (Å²) in [6, 6.07) is 12.2. The molecule has 0 aromatic heterocycles. The summed E-state index contributed by atoms with van der Waals surface area (Å²) in [5, 5.41) is 21.6. The number of hydrogen-bond donors (Lipinski definition) is 4. The van der Waals surface area contributed by atoms with Crippen molar-refractivity contribution in [1.29, 1.82) is 0 Å². The maximum Gasteiger partial charge on any atom is 0.324 e. The largest absolute Gasteiger partial charge is 0.508 e. The Bertz CT molecular complexity index is 992. The van der Waals surface area contributed by atoms with Crippen LogP contribution in [0, 0.1) is 0 Å². The molecule has 0 saturated carbocycles. The normalized spacial score (nSPS) is 16.6. The molecule has 0 fully saturated rings. The van der Waals surface area contributed by atoms with Crippen molar-refractivity contribution in [3.05, 3.63) is 70.8 Å². The molecule has 0 aliphatic heterocycles. The topological polar surface area (TPSA) is 108 Å². The minimum absolute atomic E-state index is 0.00148. The van der Waals surface area contributed by atoms with Crippen LogP contribution in [0.15, 0.2) is 48.5 Å². The predicted molar refractivity (Wildman–Crippen MR) is 121 cm³/mol. The number of aryl methyl sites for hydroxylation is 1. The third kappa shape index (κ3) is 6.42. The molecule has 170 valence electrons. The zero-order valence-electron chi connectivity index (χ0n) is 18.6. The van der Waals surface area contributed by atoms with E-state index in [0.29, 0.717) is 6.42 Å². The molecule has 0 saturated heterocycles. The van der Waals surface area contributed by atoms with Gasteiger partial charge in [-0.2, -0.15) is 0 Å². The van der Waals surface area contributed by atoms with Crippen molar-refractivity contribution in [2.75, 3.05) is 0 Å². The van der Waals surface area contributed by atoms with E-state index < -0.39 is 17.6 Å². The number of esters is 1. The van der Waals surface area contributed by atoms with E-state index >= 15 is 0 Å². The molecule has 0 bridgehead atoms. The Morgan fingerprint density at radius 2 is 1.91 bits per heavy atom. The number of phenolic OH excluding ortho intramolecular Hbond substituents is 1. The monoisotopic (exact) mass is 438 g/mol. The van der Waals surface area contributed by atoms with E-state index in [-0.39, 0.29) is 17.8 Å². The molecule has 0 heterocycles. The van der Waals surface area contributed by atoms with Gasteiger partial charge in [-0.05, 0) is 80.5 Å². The highest BCUT2D eigenvalue weighted by molar-refractivity contribution is 5.90. The Morgan fingerprint density at radius 1 is 1.19 bits per heavy atom. The number of phenols is 1. The number of carbonyl (C=O) groups excluding carboxylic acids is 2. The summed E-state index contributed by atoms with van der Waals surface area (Å²) in [5.41, 5.74) is 5.03. The lowest BCUT2D eigenvalue weighted by molar-refractivity contribution is -0.157. The van der Waals surface area contributed by atoms with Crippen LogP contribution in [0.3, 0.4) is 0 Å². The van der Waals surface area contributed by atoms with Gasteiger partial charge in [-0.25, -0.2) is 5.48 Å². The van der Waals surface area contributed by atoms with Crippen LogP contribution in [0.4, 0.5) is 0 Å². The molecule has 3 rings (SSSR count). The molecule has 2 atom stereocenters.